The van der Waals surface area contributed by atoms with Gasteiger partial charge in [0.1, 0.15) is 5.75 Å². The molecule has 1 aromatic heterocycles. The van der Waals surface area contributed by atoms with Crippen molar-refractivity contribution in [2.24, 2.45) is 0 Å². The second-order valence-corrected chi connectivity index (χ2v) is 7.35. The van der Waals surface area contributed by atoms with Crippen LogP contribution in [0.2, 0.25) is 5.02 Å². The Balaban J connectivity index is 1.71. The number of hydrogen-bond acceptors (Lipinski definition) is 4. The van der Waals surface area contributed by atoms with E-state index in [0.29, 0.717) is 16.5 Å². The Hall–Kier alpha value is -2.44. The molecule has 0 fully saturated rings. The molecule has 7 heteroatoms. The molecule has 0 aliphatic carbocycles. The van der Waals surface area contributed by atoms with Crippen molar-refractivity contribution in [3.05, 3.63) is 64.9 Å². The lowest BCUT2D eigenvalue weighted by atomic mass is 10.2. The number of hydrogen-bond donors (Lipinski definition) is 1. The molecular formula is C20H20ClN3O2S. The highest BCUT2D eigenvalue weighted by atomic mass is 35.5. The van der Waals surface area contributed by atoms with Crippen LogP contribution >= 0.6 is 23.4 Å². The predicted octanol–water partition coefficient (Wildman–Crippen LogP) is 4.88. The third kappa shape index (κ3) is 4.46. The van der Waals surface area contributed by atoms with Crippen molar-refractivity contribution in [2.45, 2.75) is 19.0 Å². The number of aromatic nitrogens is 2. The number of carbonyl (C=O) groups is 1. The summed E-state index contributed by atoms with van der Waals surface area (Å²) in [6.45, 7) is 3.93. The average molecular weight is 402 g/mol. The van der Waals surface area contributed by atoms with Crippen LogP contribution < -0.4 is 10.1 Å². The third-order valence-electron chi connectivity index (χ3n) is 4.07. The molecule has 27 heavy (non-hydrogen) atoms. The van der Waals surface area contributed by atoms with Gasteiger partial charge in [-0.2, -0.15) is 0 Å². The largest absolute Gasteiger partial charge is 0.495 e. The first-order valence-corrected chi connectivity index (χ1v) is 9.72. The van der Waals surface area contributed by atoms with Gasteiger partial charge in [-0.3, -0.25) is 9.36 Å². The summed E-state index contributed by atoms with van der Waals surface area (Å²) in [6, 6.07) is 11.4. The molecular weight excluding hydrogens is 382 g/mol. The summed E-state index contributed by atoms with van der Waals surface area (Å²) in [5.41, 5.74) is 3.62. The lowest BCUT2D eigenvalue weighted by Gasteiger charge is -2.12. The number of thioether (sulfide) groups is 1. The van der Waals surface area contributed by atoms with E-state index in [1.165, 1.54) is 11.8 Å². The van der Waals surface area contributed by atoms with E-state index in [-0.39, 0.29) is 11.7 Å². The van der Waals surface area contributed by atoms with E-state index < -0.39 is 0 Å². The maximum atomic E-state index is 12.4. The number of halogens is 1. The van der Waals surface area contributed by atoms with Crippen molar-refractivity contribution in [2.75, 3.05) is 18.2 Å². The Morgan fingerprint density at radius 3 is 2.89 bits per heavy atom. The molecule has 0 unspecified atom stereocenters. The zero-order valence-electron chi connectivity index (χ0n) is 15.3. The Morgan fingerprint density at radius 1 is 1.30 bits per heavy atom. The van der Waals surface area contributed by atoms with Gasteiger partial charge in [-0.25, -0.2) is 4.98 Å². The van der Waals surface area contributed by atoms with Crippen molar-refractivity contribution in [3.8, 4) is 11.4 Å². The molecule has 1 N–H and O–H groups in total. The molecule has 140 valence electrons. The van der Waals surface area contributed by atoms with Gasteiger partial charge < -0.3 is 10.1 Å². The van der Waals surface area contributed by atoms with E-state index in [4.69, 9.17) is 16.3 Å². The number of imidazole rings is 1. The van der Waals surface area contributed by atoms with Crippen LogP contribution in [-0.4, -0.2) is 28.3 Å². The van der Waals surface area contributed by atoms with Crippen LogP contribution in [0.5, 0.6) is 5.75 Å². The summed E-state index contributed by atoms with van der Waals surface area (Å²) in [5, 5.41) is 4.33. The number of methoxy groups -OCH3 is 1. The maximum Gasteiger partial charge on any atom is 0.234 e. The molecule has 0 saturated carbocycles. The molecule has 1 amide bonds. The van der Waals surface area contributed by atoms with E-state index in [2.05, 4.69) is 10.3 Å². The fourth-order valence-electron chi connectivity index (χ4n) is 2.67. The van der Waals surface area contributed by atoms with E-state index >= 15 is 0 Å². The van der Waals surface area contributed by atoms with E-state index in [1.54, 1.807) is 13.3 Å². The smallest absolute Gasteiger partial charge is 0.234 e. The minimum Gasteiger partial charge on any atom is -0.495 e. The summed E-state index contributed by atoms with van der Waals surface area (Å²) in [7, 11) is 1.58. The van der Waals surface area contributed by atoms with Crippen LogP contribution in [0.1, 0.15) is 11.1 Å². The van der Waals surface area contributed by atoms with Crippen LogP contribution in [0, 0.1) is 13.8 Å². The molecule has 0 saturated heterocycles. The molecule has 0 spiro atoms. The Labute approximate surface area is 167 Å². The van der Waals surface area contributed by atoms with Crippen LogP contribution in [0.25, 0.3) is 5.69 Å². The number of nitrogens with one attached hydrogen (secondary N) is 1. The SMILES string of the molecule is COc1ccc(C)cc1NC(=O)CSc1nccn1-c1cccc(Cl)c1C. The molecule has 0 aliphatic rings. The molecule has 2 aromatic carbocycles. The van der Waals surface area contributed by atoms with E-state index in [0.717, 1.165) is 22.0 Å². The molecule has 3 rings (SSSR count). The van der Waals surface area contributed by atoms with Gasteiger partial charge in [-0.05, 0) is 49.2 Å². The van der Waals surface area contributed by atoms with Crippen LogP contribution in [0.3, 0.4) is 0 Å². The number of amides is 1. The second-order valence-electron chi connectivity index (χ2n) is 6.00. The van der Waals surface area contributed by atoms with Crippen molar-refractivity contribution in [3.63, 3.8) is 0 Å². The van der Waals surface area contributed by atoms with E-state index in [1.807, 2.05) is 61.0 Å². The number of rotatable bonds is 6. The summed E-state index contributed by atoms with van der Waals surface area (Å²) in [4.78, 5) is 16.8. The average Bonchev–Trinajstić information content (AvgIpc) is 3.11. The number of anilines is 1. The second kappa shape index (κ2) is 8.50. The highest BCUT2D eigenvalue weighted by molar-refractivity contribution is 7.99. The van der Waals surface area contributed by atoms with Gasteiger partial charge in [0, 0.05) is 17.4 Å². The van der Waals surface area contributed by atoms with Gasteiger partial charge in [-0.15, -0.1) is 0 Å². The topological polar surface area (TPSA) is 56.1 Å². The van der Waals surface area contributed by atoms with Crippen molar-refractivity contribution in [1.29, 1.82) is 0 Å². The molecule has 5 nitrogen and oxygen atoms in total. The van der Waals surface area contributed by atoms with Crippen molar-refractivity contribution < 1.29 is 9.53 Å². The van der Waals surface area contributed by atoms with Crippen LogP contribution in [0.4, 0.5) is 5.69 Å². The lowest BCUT2D eigenvalue weighted by Crippen LogP contribution is -2.15. The zero-order valence-corrected chi connectivity index (χ0v) is 16.9. The predicted molar refractivity (Wildman–Crippen MR) is 110 cm³/mol. The lowest BCUT2D eigenvalue weighted by molar-refractivity contribution is -0.113. The maximum absolute atomic E-state index is 12.4. The highest BCUT2D eigenvalue weighted by Crippen LogP contribution is 2.28. The number of ether oxygens (including phenoxy) is 1. The Morgan fingerprint density at radius 2 is 2.11 bits per heavy atom. The van der Waals surface area contributed by atoms with Crippen LogP contribution in [-0.2, 0) is 4.79 Å². The summed E-state index contributed by atoms with van der Waals surface area (Å²) >= 11 is 7.59. The van der Waals surface area contributed by atoms with Gasteiger partial charge >= 0.3 is 0 Å². The molecule has 0 radical (unpaired) electrons. The van der Waals surface area contributed by atoms with Crippen molar-refractivity contribution in [1.82, 2.24) is 9.55 Å². The Bertz CT molecular complexity index is 972. The monoisotopic (exact) mass is 401 g/mol. The minimum atomic E-state index is -0.124. The van der Waals surface area contributed by atoms with E-state index in [9.17, 15) is 4.79 Å². The first-order valence-electron chi connectivity index (χ1n) is 8.35. The van der Waals surface area contributed by atoms with Gasteiger partial charge in [0.2, 0.25) is 5.91 Å². The molecule has 0 aliphatic heterocycles. The molecule has 3 aromatic rings. The molecule has 0 atom stereocenters. The summed E-state index contributed by atoms with van der Waals surface area (Å²) < 4.78 is 7.24. The standard InChI is InChI=1S/C20H20ClN3O2S/c1-13-7-8-18(26-3)16(11-13)23-19(25)12-27-20-22-9-10-24(20)17-6-4-5-15(21)14(17)2/h4-11H,12H2,1-3H3,(H,23,25). The number of carbonyl (C=O) groups excluding carboxylic acids is 1. The van der Waals surface area contributed by atoms with Crippen molar-refractivity contribution >= 4 is 35.0 Å². The number of aryl methyl sites for hydroxylation is 1. The summed E-state index contributed by atoms with van der Waals surface area (Å²) in [5.74, 6) is 0.740. The fraction of sp³-hybridized carbons (Fsp3) is 0.200. The number of nitrogens with zero attached hydrogens (tertiary/aromatic N) is 2. The van der Waals surface area contributed by atoms with Gasteiger partial charge in [0.25, 0.3) is 0 Å². The molecule has 1 heterocycles. The first kappa shape index (κ1) is 19.3. The van der Waals surface area contributed by atoms with Gasteiger partial charge in [-0.1, -0.05) is 35.5 Å². The fourth-order valence-corrected chi connectivity index (χ4v) is 3.61. The highest BCUT2D eigenvalue weighted by Gasteiger charge is 2.13. The van der Waals surface area contributed by atoms with Crippen LogP contribution in [0.15, 0.2) is 53.9 Å². The Kier molecular flexibility index (Phi) is 6.08. The quantitative estimate of drug-likeness (QED) is 0.598. The van der Waals surface area contributed by atoms with Gasteiger partial charge in [0.05, 0.1) is 24.2 Å². The molecule has 0 bridgehead atoms. The zero-order chi connectivity index (χ0) is 19.4. The minimum absolute atomic E-state index is 0.124. The number of benzene rings is 2. The summed E-state index contributed by atoms with van der Waals surface area (Å²) in [6.07, 6.45) is 3.58. The normalized spacial score (nSPS) is 10.7. The van der Waals surface area contributed by atoms with Gasteiger partial charge in [0.15, 0.2) is 5.16 Å². The first-order chi connectivity index (χ1) is 13.0. The third-order valence-corrected chi connectivity index (χ3v) is 5.44.